The third-order valence-electron chi connectivity index (χ3n) is 7.08. The second-order valence-corrected chi connectivity index (χ2v) is 12.8. The number of carboxylic acid groups (broad SMARTS) is 1. The lowest BCUT2D eigenvalue weighted by Crippen LogP contribution is -2.56. The quantitative estimate of drug-likeness (QED) is 0.347. The third-order valence-corrected chi connectivity index (χ3v) is 8.61. The normalized spacial score (nSPS) is 25.7. The van der Waals surface area contributed by atoms with Crippen LogP contribution < -0.4 is 5.32 Å². The van der Waals surface area contributed by atoms with Crippen molar-refractivity contribution in [3.05, 3.63) is 71.3 Å². The Morgan fingerprint density at radius 1 is 1.05 bits per heavy atom. The molecule has 2 N–H and O–H groups in total. The van der Waals surface area contributed by atoms with E-state index in [0.717, 1.165) is 22.3 Å². The molecule has 8 nitrogen and oxygen atoms in total. The van der Waals surface area contributed by atoms with Crippen LogP contribution in [0.5, 0.6) is 0 Å². The first-order chi connectivity index (χ1) is 17.6. The smallest absolute Gasteiger partial charge is 0.324 e. The van der Waals surface area contributed by atoms with Crippen molar-refractivity contribution < 1.29 is 27.9 Å². The highest BCUT2D eigenvalue weighted by Crippen LogP contribution is 2.50. The Balaban J connectivity index is 1.67. The summed E-state index contributed by atoms with van der Waals surface area (Å²) in [6.07, 6.45) is 6.98. The van der Waals surface area contributed by atoms with Crippen LogP contribution in [0, 0.1) is 11.8 Å². The van der Waals surface area contributed by atoms with Gasteiger partial charge in [0, 0.05) is 18.8 Å². The van der Waals surface area contributed by atoms with Crippen LogP contribution in [0.3, 0.4) is 0 Å². The van der Waals surface area contributed by atoms with E-state index in [2.05, 4.69) is 5.32 Å². The Morgan fingerprint density at radius 2 is 1.68 bits per heavy atom. The van der Waals surface area contributed by atoms with Crippen LogP contribution in [0.1, 0.15) is 29.2 Å². The van der Waals surface area contributed by atoms with E-state index in [9.17, 15) is 27.9 Å². The van der Waals surface area contributed by atoms with Gasteiger partial charge in [0.05, 0.1) is 17.6 Å². The molecule has 2 amide bonds. The van der Waals surface area contributed by atoms with Crippen LogP contribution in [0.2, 0.25) is 0 Å². The second kappa shape index (κ2) is 10.8. The molecule has 2 aromatic carbocycles. The maximum absolute atomic E-state index is 13.5. The van der Waals surface area contributed by atoms with Crippen molar-refractivity contribution in [2.45, 2.75) is 18.0 Å². The van der Waals surface area contributed by atoms with Gasteiger partial charge in [-0.25, -0.2) is 8.42 Å². The number of nitrogens with one attached hydrogen (secondary N) is 1. The van der Waals surface area contributed by atoms with Crippen LogP contribution in [0.25, 0.3) is 12.2 Å². The van der Waals surface area contributed by atoms with Crippen LogP contribution in [0.15, 0.2) is 54.6 Å². The zero-order valence-electron chi connectivity index (χ0n) is 20.7. The predicted molar refractivity (Wildman–Crippen MR) is 144 cm³/mol. The van der Waals surface area contributed by atoms with E-state index in [1.54, 1.807) is 0 Å². The number of benzene rings is 2. The lowest BCUT2D eigenvalue weighted by Gasteiger charge is -2.31. The number of nitrogens with zero attached hydrogens (tertiary/aromatic N) is 1. The average molecular weight is 543 g/mol. The van der Waals surface area contributed by atoms with Crippen molar-refractivity contribution in [1.82, 2.24) is 10.2 Å². The number of carbonyl (C=O) groups excluding carboxylic acids is 2. The van der Waals surface area contributed by atoms with Crippen molar-refractivity contribution in [2.75, 3.05) is 30.6 Å². The monoisotopic (exact) mass is 542 g/mol. The standard InChI is InChI=1S/C27H30N2O6S2/c1-36-16-14-27(26(32)33)22-21(24(30)29(25(22)31)15-17-37(2,34)35)23(28-27)20-12-10-19(11-13-20)9-8-18-6-4-3-5-7-18/h3-13,21-23,28H,14-17H2,1-2H3,(H,32,33). The molecule has 10 heteroatoms. The Hall–Kier alpha value is -2.95. The Morgan fingerprint density at radius 3 is 2.24 bits per heavy atom. The van der Waals surface area contributed by atoms with Gasteiger partial charge in [0.1, 0.15) is 15.4 Å². The van der Waals surface area contributed by atoms with Gasteiger partial charge in [-0.3, -0.25) is 24.6 Å². The summed E-state index contributed by atoms with van der Waals surface area (Å²) in [7, 11) is -3.43. The fraction of sp³-hybridized carbons (Fsp3) is 0.370. The maximum Gasteiger partial charge on any atom is 0.324 e. The largest absolute Gasteiger partial charge is 0.480 e. The van der Waals surface area contributed by atoms with Crippen molar-refractivity contribution >= 4 is 51.5 Å². The molecule has 2 heterocycles. The molecule has 4 atom stereocenters. The predicted octanol–water partition coefficient (Wildman–Crippen LogP) is 2.72. The number of imide groups is 1. The number of sulfone groups is 1. The first-order valence-electron chi connectivity index (χ1n) is 11.9. The van der Waals surface area contributed by atoms with Gasteiger partial charge in [-0.1, -0.05) is 66.7 Å². The number of carboxylic acids is 1. The number of rotatable bonds is 10. The molecule has 2 aliphatic rings. The minimum absolute atomic E-state index is 0.151. The van der Waals surface area contributed by atoms with E-state index in [1.807, 2.05) is 73.0 Å². The van der Waals surface area contributed by atoms with Crippen LogP contribution >= 0.6 is 11.8 Å². The van der Waals surface area contributed by atoms with Gasteiger partial charge in [-0.05, 0) is 35.1 Å². The van der Waals surface area contributed by atoms with Gasteiger partial charge in [-0.15, -0.1) is 0 Å². The number of likely N-dealkylation sites (tertiary alicyclic amines) is 1. The van der Waals surface area contributed by atoms with Crippen molar-refractivity contribution in [1.29, 1.82) is 0 Å². The van der Waals surface area contributed by atoms with E-state index in [4.69, 9.17) is 0 Å². The number of aliphatic carboxylic acids is 1. The molecule has 4 rings (SSSR count). The molecule has 0 aliphatic carbocycles. The van der Waals surface area contributed by atoms with Crippen LogP contribution in [-0.2, 0) is 24.2 Å². The number of fused-ring (bicyclic) bond motifs is 1. The average Bonchev–Trinajstić information content (AvgIpc) is 3.34. The molecule has 0 aromatic heterocycles. The molecule has 196 valence electrons. The number of thioether (sulfide) groups is 1. The number of hydrogen-bond donors (Lipinski definition) is 2. The third kappa shape index (κ3) is 5.51. The summed E-state index contributed by atoms with van der Waals surface area (Å²) in [4.78, 5) is 40.5. The summed E-state index contributed by atoms with van der Waals surface area (Å²) >= 11 is 1.46. The SMILES string of the molecule is CSCCC1(C(=O)O)NC(c2ccc(C=Cc3ccccc3)cc2)C2C(=O)N(CCS(C)(=O)=O)C(=O)C21. The van der Waals surface area contributed by atoms with E-state index in [1.165, 1.54) is 11.8 Å². The molecule has 2 aromatic rings. The topological polar surface area (TPSA) is 121 Å². The summed E-state index contributed by atoms with van der Waals surface area (Å²) in [5.74, 6) is -4.29. The highest BCUT2D eigenvalue weighted by Gasteiger charge is 2.68. The molecular formula is C27H30N2O6S2. The number of hydrogen-bond acceptors (Lipinski definition) is 7. The molecule has 2 fully saturated rings. The number of amides is 2. The Labute approximate surface area is 221 Å². The van der Waals surface area contributed by atoms with E-state index >= 15 is 0 Å². The van der Waals surface area contributed by atoms with E-state index in [-0.39, 0.29) is 18.7 Å². The minimum Gasteiger partial charge on any atom is -0.480 e. The first-order valence-corrected chi connectivity index (χ1v) is 15.4. The summed E-state index contributed by atoms with van der Waals surface area (Å²) in [5.41, 5.74) is 1.05. The Kier molecular flexibility index (Phi) is 7.91. The van der Waals surface area contributed by atoms with Crippen molar-refractivity contribution in [2.24, 2.45) is 11.8 Å². The lowest BCUT2D eigenvalue weighted by atomic mass is 9.78. The summed E-state index contributed by atoms with van der Waals surface area (Å²) in [6, 6.07) is 16.6. The first kappa shape index (κ1) is 27.1. The summed E-state index contributed by atoms with van der Waals surface area (Å²) in [6.45, 7) is -0.280. The molecule has 2 saturated heterocycles. The second-order valence-electron chi connectivity index (χ2n) is 9.51. The van der Waals surface area contributed by atoms with Gasteiger partial charge in [-0.2, -0.15) is 11.8 Å². The molecule has 0 bridgehead atoms. The van der Waals surface area contributed by atoms with Gasteiger partial charge in [0.25, 0.3) is 0 Å². The van der Waals surface area contributed by atoms with E-state index < -0.39 is 51.0 Å². The van der Waals surface area contributed by atoms with Gasteiger partial charge in [0.15, 0.2) is 0 Å². The van der Waals surface area contributed by atoms with E-state index in [0.29, 0.717) is 11.3 Å². The fourth-order valence-corrected chi connectivity index (χ4v) is 6.23. The molecular weight excluding hydrogens is 512 g/mol. The zero-order valence-corrected chi connectivity index (χ0v) is 22.3. The lowest BCUT2D eigenvalue weighted by molar-refractivity contribution is -0.151. The van der Waals surface area contributed by atoms with Gasteiger partial charge < -0.3 is 5.11 Å². The molecule has 0 radical (unpaired) electrons. The fourth-order valence-electron chi connectivity index (χ4n) is 5.19. The highest BCUT2D eigenvalue weighted by atomic mass is 32.2. The highest BCUT2D eigenvalue weighted by molar-refractivity contribution is 7.98. The summed E-state index contributed by atoms with van der Waals surface area (Å²) < 4.78 is 23.4. The zero-order chi connectivity index (χ0) is 26.8. The summed E-state index contributed by atoms with van der Waals surface area (Å²) in [5, 5.41) is 13.5. The minimum atomic E-state index is -3.43. The van der Waals surface area contributed by atoms with Gasteiger partial charge in [0.2, 0.25) is 11.8 Å². The van der Waals surface area contributed by atoms with Crippen LogP contribution in [-0.4, -0.2) is 72.3 Å². The molecule has 2 aliphatic heterocycles. The van der Waals surface area contributed by atoms with Crippen LogP contribution in [0.4, 0.5) is 0 Å². The maximum atomic E-state index is 13.5. The Bertz CT molecular complexity index is 1310. The van der Waals surface area contributed by atoms with Gasteiger partial charge >= 0.3 is 5.97 Å². The number of carbonyl (C=O) groups is 3. The molecule has 37 heavy (non-hydrogen) atoms. The molecule has 4 unspecified atom stereocenters. The van der Waals surface area contributed by atoms with Crippen molar-refractivity contribution in [3.8, 4) is 0 Å². The van der Waals surface area contributed by atoms with Crippen molar-refractivity contribution in [3.63, 3.8) is 0 Å². The molecule has 0 saturated carbocycles. The molecule has 0 spiro atoms.